The zero-order chi connectivity index (χ0) is 10.7. The monoisotopic (exact) mass is 199 g/mol. The minimum Gasteiger partial charge on any atom is -0.254 e. The third-order valence-electron chi connectivity index (χ3n) is 1.25. The molecule has 0 saturated heterocycles. The molecule has 0 rings (SSSR count). The zero-order valence-corrected chi connectivity index (χ0v) is 10.5. The first kappa shape index (κ1) is 12.8. The summed E-state index contributed by atoms with van der Waals surface area (Å²) in [6.07, 6.45) is 1.62. The highest BCUT2D eigenvalue weighted by Gasteiger charge is 2.24. The molecule has 0 aromatic rings. The predicted molar refractivity (Wildman–Crippen MR) is 64.4 cm³/mol. The van der Waals surface area contributed by atoms with Crippen LogP contribution in [0.5, 0.6) is 0 Å². The van der Waals surface area contributed by atoms with Crippen molar-refractivity contribution < 1.29 is 0 Å². The summed E-state index contributed by atoms with van der Waals surface area (Å²) < 4.78 is 0.217. The molecule has 1 nitrogen and oxygen atoms in total. The molecule has 76 valence electrons. The molecule has 0 aliphatic carbocycles. The molecular formula is C11H21NS. The van der Waals surface area contributed by atoms with E-state index in [-0.39, 0.29) is 10.2 Å². The highest BCUT2D eigenvalue weighted by Crippen LogP contribution is 2.33. The van der Waals surface area contributed by atoms with Gasteiger partial charge in [0, 0.05) is 16.4 Å². The minimum atomic E-state index is 0.117. The minimum absolute atomic E-state index is 0.117. The first-order valence-electron chi connectivity index (χ1n) is 4.55. The number of nitrogens with zero attached hydrogens (tertiary/aromatic N) is 1. The summed E-state index contributed by atoms with van der Waals surface area (Å²) in [6.45, 7) is 16.8. The van der Waals surface area contributed by atoms with E-state index in [1.807, 2.05) is 11.8 Å². The maximum atomic E-state index is 4.32. The van der Waals surface area contributed by atoms with Crippen molar-refractivity contribution in [3.63, 3.8) is 0 Å². The molecule has 0 atom stereocenters. The molecule has 0 saturated carbocycles. The van der Waals surface area contributed by atoms with Crippen molar-refractivity contribution in [3.05, 3.63) is 12.8 Å². The predicted octanol–water partition coefficient (Wildman–Crippen LogP) is 4.11. The lowest BCUT2D eigenvalue weighted by molar-refractivity contribution is 0.600. The second-order valence-corrected chi connectivity index (χ2v) is 6.90. The Labute approximate surface area is 86.7 Å². The van der Waals surface area contributed by atoms with Gasteiger partial charge in [-0.2, -0.15) is 0 Å². The fourth-order valence-corrected chi connectivity index (χ4v) is 1.76. The highest BCUT2D eigenvalue weighted by molar-refractivity contribution is 8.15. The number of rotatable bonds is 1. The molecule has 0 heterocycles. The van der Waals surface area contributed by atoms with Gasteiger partial charge in [-0.25, -0.2) is 0 Å². The van der Waals surface area contributed by atoms with Crippen LogP contribution in [0.3, 0.4) is 0 Å². The Morgan fingerprint density at radius 1 is 1.15 bits per heavy atom. The molecule has 0 aromatic heterocycles. The van der Waals surface area contributed by atoms with Gasteiger partial charge in [0.15, 0.2) is 0 Å². The number of hydrogen-bond acceptors (Lipinski definition) is 2. The lowest BCUT2D eigenvalue weighted by Crippen LogP contribution is -2.22. The van der Waals surface area contributed by atoms with Crippen molar-refractivity contribution in [3.8, 4) is 0 Å². The number of thioether (sulfide) groups is 1. The number of hydrogen-bond donors (Lipinski definition) is 0. The van der Waals surface area contributed by atoms with Gasteiger partial charge >= 0.3 is 0 Å². The molecule has 0 fully saturated rings. The van der Waals surface area contributed by atoms with Crippen LogP contribution in [0.25, 0.3) is 0 Å². The maximum Gasteiger partial charge on any atom is 0.0789 e. The van der Waals surface area contributed by atoms with Crippen LogP contribution in [0.2, 0.25) is 0 Å². The molecule has 13 heavy (non-hydrogen) atoms. The summed E-state index contributed by atoms with van der Waals surface area (Å²) in [5.41, 5.74) is 0.117. The summed E-state index contributed by atoms with van der Waals surface area (Å²) in [4.78, 5) is 4.32. The maximum absolute atomic E-state index is 4.32. The van der Waals surface area contributed by atoms with Crippen LogP contribution >= 0.6 is 11.8 Å². The van der Waals surface area contributed by atoms with Crippen LogP contribution in [0, 0.1) is 5.41 Å². The van der Waals surface area contributed by atoms with Crippen molar-refractivity contribution in [2.45, 2.75) is 46.3 Å². The van der Waals surface area contributed by atoms with Crippen molar-refractivity contribution in [2.24, 2.45) is 10.4 Å². The van der Waals surface area contributed by atoms with E-state index in [4.69, 9.17) is 0 Å². The molecule has 0 radical (unpaired) electrons. The molecule has 0 N–H and O–H groups in total. The van der Waals surface area contributed by atoms with E-state index >= 15 is 0 Å². The Hall–Kier alpha value is -0.240. The summed E-state index contributed by atoms with van der Waals surface area (Å²) in [5, 5.41) is 1.15. The van der Waals surface area contributed by atoms with Gasteiger partial charge < -0.3 is 0 Å². The van der Waals surface area contributed by atoms with Gasteiger partial charge in [0.1, 0.15) is 0 Å². The van der Waals surface area contributed by atoms with E-state index in [2.05, 4.69) is 53.1 Å². The standard InChI is InChI=1S/C11H21NS/c1-8-12-9(10(2,3)4)13-11(5,6)7/h8H,1H2,2-7H3/b12-9-. The van der Waals surface area contributed by atoms with Gasteiger partial charge in [0.05, 0.1) is 5.04 Å². The van der Waals surface area contributed by atoms with Crippen molar-refractivity contribution in [2.75, 3.05) is 0 Å². The smallest absolute Gasteiger partial charge is 0.0789 e. The third kappa shape index (κ3) is 5.92. The fraction of sp³-hybridized carbons (Fsp3) is 0.727. The van der Waals surface area contributed by atoms with Crippen molar-refractivity contribution in [1.82, 2.24) is 0 Å². The van der Waals surface area contributed by atoms with E-state index in [0.717, 1.165) is 5.04 Å². The Balaban J connectivity index is 4.67. The topological polar surface area (TPSA) is 12.4 Å². The Kier molecular flexibility index (Phi) is 4.24. The van der Waals surface area contributed by atoms with Crippen LogP contribution in [0.4, 0.5) is 0 Å². The van der Waals surface area contributed by atoms with Gasteiger partial charge in [-0.1, -0.05) is 48.1 Å². The van der Waals surface area contributed by atoms with Gasteiger partial charge in [-0.15, -0.1) is 11.8 Å². The molecule has 0 bridgehead atoms. The molecule has 0 aliphatic rings. The fourth-order valence-electron chi connectivity index (χ4n) is 0.746. The summed E-state index contributed by atoms with van der Waals surface area (Å²) in [7, 11) is 0. The van der Waals surface area contributed by atoms with Crippen LogP contribution < -0.4 is 0 Å². The van der Waals surface area contributed by atoms with Crippen LogP contribution in [0.1, 0.15) is 41.5 Å². The average Bonchev–Trinajstić information content (AvgIpc) is 1.81. The molecule has 0 aromatic carbocycles. The molecule has 0 spiro atoms. The van der Waals surface area contributed by atoms with E-state index in [1.165, 1.54) is 0 Å². The van der Waals surface area contributed by atoms with Gasteiger partial charge in [-0.05, 0) is 0 Å². The lowest BCUT2D eigenvalue weighted by Gasteiger charge is -2.26. The first-order valence-corrected chi connectivity index (χ1v) is 5.36. The Morgan fingerprint density at radius 3 is 1.85 bits per heavy atom. The zero-order valence-electron chi connectivity index (χ0n) is 9.64. The molecule has 2 heteroatoms. The molecule has 0 amide bonds. The SMILES string of the molecule is C=C/N=C(\SC(C)(C)C)C(C)(C)C. The Bertz CT molecular complexity index is 203. The van der Waals surface area contributed by atoms with E-state index in [0.29, 0.717) is 0 Å². The largest absolute Gasteiger partial charge is 0.254 e. The third-order valence-corrected chi connectivity index (χ3v) is 2.78. The van der Waals surface area contributed by atoms with Crippen LogP contribution in [0.15, 0.2) is 17.8 Å². The van der Waals surface area contributed by atoms with Gasteiger partial charge in [-0.3, -0.25) is 4.99 Å². The summed E-state index contributed by atoms with van der Waals surface area (Å²) in [6, 6.07) is 0. The van der Waals surface area contributed by atoms with E-state index in [1.54, 1.807) is 6.20 Å². The van der Waals surface area contributed by atoms with E-state index in [9.17, 15) is 0 Å². The van der Waals surface area contributed by atoms with Gasteiger partial charge in [0.2, 0.25) is 0 Å². The quantitative estimate of drug-likeness (QED) is 0.457. The normalized spacial score (nSPS) is 14.5. The Morgan fingerprint density at radius 2 is 1.62 bits per heavy atom. The van der Waals surface area contributed by atoms with Crippen molar-refractivity contribution >= 4 is 16.8 Å². The summed E-state index contributed by atoms with van der Waals surface area (Å²) in [5.74, 6) is 0. The lowest BCUT2D eigenvalue weighted by atomic mass is 9.99. The summed E-state index contributed by atoms with van der Waals surface area (Å²) >= 11 is 1.81. The average molecular weight is 199 g/mol. The molecule has 0 aliphatic heterocycles. The van der Waals surface area contributed by atoms with E-state index < -0.39 is 0 Å². The second kappa shape index (κ2) is 4.32. The second-order valence-electron chi connectivity index (χ2n) is 5.08. The van der Waals surface area contributed by atoms with Crippen LogP contribution in [-0.2, 0) is 0 Å². The first-order chi connectivity index (χ1) is 5.67. The van der Waals surface area contributed by atoms with Gasteiger partial charge in [0.25, 0.3) is 0 Å². The molecular weight excluding hydrogens is 178 g/mol. The number of aliphatic imine (C=N–C) groups is 1. The molecule has 0 unspecified atom stereocenters. The van der Waals surface area contributed by atoms with Crippen LogP contribution in [-0.4, -0.2) is 9.79 Å². The highest BCUT2D eigenvalue weighted by atomic mass is 32.2. The van der Waals surface area contributed by atoms with Crippen molar-refractivity contribution in [1.29, 1.82) is 0 Å².